The molecule has 10 N–H and O–H groups in total. The highest BCUT2D eigenvalue weighted by Crippen LogP contribution is 2.12. The van der Waals surface area contributed by atoms with Crippen molar-refractivity contribution in [2.24, 2.45) is 5.73 Å². The molecule has 0 saturated heterocycles. The first-order valence-electron chi connectivity index (χ1n) is 12.4. The van der Waals surface area contributed by atoms with Gasteiger partial charge in [-0.2, -0.15) is 0 Å². The number of H-pyrrole nitrogens is 2. The third-order valence-electron chi connectivity index (χ3n) is 5.95. The lowest BCUT2D eigenvalue weighted by Crippen LogP contribution is -2.58. The highest BCUT2D eigenvalue weighted by atomic mass is 16.4. The Balaban J connectivity index is 1.77. The van der Waals surface area contributed by atoms with E-state index < -0.39 is 60.2 Å². The Morgan fingerprint density at radius 3 is 1.83 bits per heavy atom. The van der Waals surface area contributed by atoms with Crippen LogP contribution in [0.15, 0.2) is 49.3 Å². The van der Waals surface area contributed by atoms with E-state index in [1.165, 1.54) is 49.3 Å². The van der Waals surface area contributed by atoms with Gasteiger partial charge in [-0.15, -0.1) is 0 Å². The maximum atomic E-state index is 13.2. The molecule has 1 aromatic carbocycles. The van der Waals surface area contributed by atoms with Gasteiger partial charge in [0.15, 0.2) is 0 Å². The van der Waals surface area contributed by atoms with E-state index in [1.807, 2.05) is 0 Å². The fraction of sp³-hybridized carbons (Fsp3) is 0.320. The van der Waals surface area contributed by atoms with Crippen LogP contribution in [0.5, 0.6) is 5.75 Å². The molecule has 0 spiro atoms. The van der Waals surface area contributed by atoms with Gasteiger partial charge in [-0.05, 0) is 17.7 Å². The van der Waals surface area contributed by atoms with E-state index in [0.29, 0.717) is 17.0 Å². The van der Waals surface area contributed by atoms with Crippen molar-refractivity contribution < 1.29 is 39.3 Å². The quantitative estimate of drug-likeness (QED) is 0.0984. The molecule has 16 heteroatoms. The number of aromatic hydroxyl groups is 1. The lowest BCUT2D eigenvalue weighted by molar-refractivity contribution is -0.143. The molecule has 4 unspecified atom stereocenters. The number of aliphatic carboxylic acids is 2. The summed E-state index contributed by atoms with van der Waals surface area (Å²) >= 11 is 0. The second-order valence-electron chi connectivity index (χ2n) is 9.16. The average molecular weight is 571 g/mol. The zero-order valence-electron chi connectivity index (χ0n) is 21.6. The summed E-state index contributed by atoms with van der Waals surface area (Å²) < 4.78 is 0. The number of aromatic amines is 2. The van der Waals surface area contributed by atoms with E-state index in [0.717, 1.165) is 0 Å². The van der Waals surface area contributed by atoms with Crippen LogP contribution in [0.4, 0.5) is 0 Å². The first kappa shape index (κ1) is 30.3. The molecular formula is C25H30N8O8. The van der Waals surface area contributed by atoms with E-state index >= 15 is 0 Å². The fourth-order valence-electron chi connectivity index (χ4n) is 3.83. The third-order valence-corrected chi connectivity index (χ3v) is 5.95. The molecule has 3 aromatic rings. The minimum Gasteiger partial charge on any atom is -0.508 e. The molecule has 2 heterocycles. The topological polar surface area (TPSA) is 266 Å². The molecule has 3 rings (SSSR count). The van der Waals surface area contributed by atoms with Gasteiger partial charge < -0.3 is 47.0 Å². The van der Waals surface area contributed by atoms with Gasteiger partial charge in [0.05, 0.1) is 25.1 Å². The maximum absolute atomic E-state index is 13.2. The number of nitrogens with one attached hydrogen (secondary N) is 5. The first-order chi connectivity index (χ1) is 19.5. The van der Waals surface area contributed by atoms with Gasteiger partial charge in [-0.3, -0.25) is 19.2 Å². The number of hydrogen-bond donors (Lipinski definition) is 9. The van der Waals surface area contributed by atoms with E-state index in [9.17, 15) is 39.3 Å². The first-order valence-corrected chi connectivity index (χ1v) is 12.4. The summed E-state index contributed by atoms with van der Waals surface area (Å²) in [6, 6.07) is 0.174. The summed E-state index contributed by atoms with van der Waals surface area (Å²) in [6.45, 7) is 0. The number of carbonyl (C=O) groups excluding carboxylic acids is 3. The molecule has 0 fully saturated rings. The summed E-state index contributed by atoms with van der Waals surface area (Å²) in [4.78, 5) is 75.6. The van der Waals surface area contributed by atoms with Crippen molar-refractivity contribution in [3.63, 3.8) is 0 Å². The van der Waals surface area contributed by atoms with Gasteiger partial charge >= 0.3 is 11.9 Å². The van der Waals surface area contributed by atoms with Crippen LogP contribution in [0.3, 0.4) is 0 Å². The van der Waals surface area contributed by atoms with Crippen molar-refractivity contribution >= 4 is 29.7 Å². The lowest BCUT2D eigenvalue weighted by atomic mass is 10.0. The maximum Gasteiger partial charge on any atom is 0.326 e. The Kier molecular flexibility index (Phi) is 10.5. The minimum absolute atomic E-state index is 0.0338. The largest absolute Gasteiger partial charge is 0.508 e. The van der Waals surface area contributed by atoms with Crippen LogP contribution in [0, 0.1) is 0 Å². The molecule has 0 bridgehead atoms. The Bertz CT molecular complexity index is 1330. The Hall–Kier alpha value is -5.25. The van der Waals surface area contributed by atoms with Crippen LogP contribution in [0.25, 0.3) is 0 Å². The minimum atomic E-state index is -1.61. The Labute approximate surface area is 232 Å². The van der Waals surface area contributed by atoms with Gasteiger partial charge in [-0.25, -0.2) is 14.8 Å². The van der Waals surface area contributed by atoms with Crippen molar-refractivity contribution in [3.05, 3.63) is 66.3 Å². The summed E-state index contributed by atoms with van der Waals surface area (Å²) in [5.41, 5.74) is 7.37. The van der Waals surface area contributed by atoms with Crippen LogP contribution in [0.1, 0.15) is 23.4 Å². The standard InChI is InChI=1S/C25H30N8O8/c26-17(6-14-9-27-11-29-14)22(37)31-19(8-21(35)36)24(39)32-18(5-13-1-3-16(34)4-2-13)23(38)33-20(25(40)41)7-15-10-28-12-30-15/h1-4,9-12,17-20,34H,5-8,26H2,(H,27,29)(H,28,30)(H,31,37)(H,32,39)(H,33,38)(H,35,36)(H,40,41). The lowest BCUT2D eigenvalue weighted by Gasteiger charge is -2.25. The number of carboxylic acid groups (broad SMARTS) is 2. The van der Waals surface area contributed by atoms with E-state index in [1.54, 1.807) is 0 Å². The monoisotopic (exact) mass is 570 g/mol. The van der Waals surface area contributed by atoms with Crippen molar-refractivity contribution in [1.82, 2.24) is 35.9 Å². The highest BCUT2D eigenvalue weighted by molar-refractivity contribution is 5.95. The second kappa shape index (κ2) is 14.2. The van der Waals surface area contributed by atoms with Gasteiger partial charge in [0, 0.05) is 43.0 Å². The fourth-order valence-corrected chi connectivity index (χ4v) is 3.83. The SMILES string of the molecule is NC(Cc1cnc[nH]1)C(=O)NC(CC(=O)O)C(=O)NC(Cc1ccc(O)cc1)C(=O)NC(Cc1cnc[nH]1)C(=O)O. The van der Waals surface area contributed by atoms with Crippen molar-refractivity contribution in [2.75, 3.05) is 0 Å². The molecule has 16 nitrogen and oxygen atoms in total. The van der Waals surface area contributed by atoms with Gasteiger partial charge in [0.1, 0.15) is 23.9 Å². The van der Waals surface area contributed by atoms with Crippen LogP contribution in [-0.4, -0.2) is 89.1 Å². The molecule has 3 amide bonds. The average Bonchev–Trinajstić information content (AvgIpc) is 3.63. The van der Waals surface area contributed by atoms with Gasteiger partial charge in [0.2, 0.25) is 17.7 Å². The zero-order chi connectivity index (χ0) is 29.9. The van der Waals surface area contributed by atoms with Crippen LogP contribution in [-0.2, 0) is 43.2 Å². The number of nitrogens with two attached hydrogens (primary N) is 1. The van der Waals surface area contributed by atoms with Crippen LogP contribution >= 0.6 is 0 Å². The van der Waals surface area contributed by atoms with E-state index in [2.05, 4.69) is 35.9 Å². The van der Waals surface area contributed by atoms with Crippen molar-refractivity contribution in [3.8, 4) is 5.75 Å². The normalized spacial score (nSPS) is 13.8. The van der Waals surface area contributed by atoms with Crippen molar-refractivity contribution in [2.45, 2.75) is 49.9 Å². The molecule has 0 aliphatic carbocycles. The Morgan fingerprint density at radius 2 is 1.29 bits per heavy atom. The van der Waals surface area contributed by atoms with E-state index in [4.69, 9.17) is 5.73 Å². The predicted octanol–water partition coefficient (Wildman–Crippen LogP) is -1.79. The van der Waals surface area contributed by atoms with Crippen LogP contribution in [0.2, 0.25) is 0 Å². The number of imidazole rings is 2. The number of nitrogens with zero attached hydrogens (tertiary/aromatic N) is 2. The highest BCUT2D eigenvalue weighted by Gasteiger charge is 2.32. The molecule has 41 heavy (non-hydrogen) atoms. The molecule has 4 atom stereocenters. The van der Waals surface area contributed by atoms with Gasteiger partial charge in [0.25, 0.3) is 0 Å². The smallest absolute Gasteiger partial charge is 0.326 e. The van der Waals surface area contributed by atoms with E-state index in [-0.39, 0.29) is 25.0 Å². The number of aromatic nitrogens is 4. The number of carbonyl (C=O) groups is 5. The summed E-state index contributed by atoms with van der Waals surface area (Å²) in [6.07, 6.45) is 4.52. The number of rotatable bonds is 15. The van der Waals surface area contributed by atoms with Gasteiger partial charge in [-0.1, -0.05) is 12.1 Å². The molecule has 0 aliphatic rings. The summed E-state index contributed by atoms with van der Waals surface area (Å²) in [7, 11) is 0. The number of carboxylic acids is 2. The summed E-state index contributed by atoms with van der Waals surface area (Å²) in [5, 5.41) is 35.7. The third kappa shape index (κ3) is 9.47. The molecule has 218 valence electrons. The van der Waals surface area contributed by atoms with Crippen LogP contribution < -0.4 is 21.7 Å². The predicted molar refractivity (Wildman–Crippen MR) is 140 cm³/mol. The number of phenols is 1. The zero-order valence-corrected chi connectivity index (χ0v) is 21.6. The molecule has 2 aromatic heterocycles. The molecular weight excluding hydrogens is 540 g/mol. The number of phenolic OH excluding ortho intramolecular Hbond substituents is 1. The molecule has 0 aliphatic heterocycles. The summed E-state index contributed by atoms with van der Waals surface area (Å²) in [5.74, 6) is -5.49. The Morgan fingerprint density at radius 1 is 0.756 bits per heavy atom. The number of amides is 3. The molecule has 0 radical (unpaired) electrons. The number of hydrogen-bond acceptors (Lipinski definition) is 9. The van der Waals surface area contributed by atoms with Crippen molar-refractivity contribution in [1.29, 1.82) is 0 Å². The number of benzene rings is 1. The molecule has 0 saturated carbocycles. The second-order valence-corrected chi connectivity index (χ2v) is 9.16.